The van der Waals surface area contributed by atoms with E-state index in [2.05, 4.69) is 40.0 Å². The molecule has 0 bridgehead atoms. The molecule has 1 aliphatic carbocycles. The number of ether oxygens (including phenoxy) is 1. The summed E-state index contributed by atoms with van der Waals surface area (Å²) in [5, 5.41) is 5.30. The zero-order chi connectivity index (χ0) is 19.3. The van der Waals surface area contributed by atoms with E-state index in [1.807, 2.05) is 6.07 Å². The van der Waals surface area contributed by atoms with Gasteiger partial charge in [0.1, 0.15) is 5.75 Å². The Kier molecular flexibility index (Phi) is 6.03. The Balaban J connectivity index is 1.30. The molecule has 0 radical (unpaired) electrons. The van der Waals surface area contributed by atoms with Crippen LogP contribution in [0.5, 0.6) is 5.75 Å². The van der Waals surface area contributed by atoms with Gasteiger partial charge in [-0.3, -0.25) is 4.79 Å². The van der Waals surface area contributed by atoms with Crippen molar-refractivity contribution in [2.75, 3.05) is 20.2 Å². The molecule has 1 atom stereocenters. The van der Waals surface area contributed by atoms with Gasteiger partial charge in [0.05, 0.1) is 7.11 Å². The van der Waals surface area contributed by atoms with Gasteiger partial charge in [-0.1, -0.05) is 18.2 Å². The van der Waals surface area contributed by atoms with E-state index < -0.39 is 0 Å². The molecule has 1 aromatic heterocycles. The minimum Gasteiger partial charge on any atom is -0.496 e. The average molecular weight is 395 g/mol. The number of rotatable bonds is 7. The maximum absolute atomic E-state index is 11.8. The molecule has 1 unspecified atom stereocenters. The number of nitrogens with zero attached hydrogens (tertiary/aromatic N) is 1. The fourth-order valence-corrected chi connectivity index (χ4v) is 4.83. The number of methoxy groups -OCH3 is 1. The largest absolute Gasteiger partial charge is 0.496 e. The van der Waals surface area contributed by atoms with E-state index in [0.717, 1.165) is 60.4 Å². The van der Waals surface area contributed by atoms with Gasteiger partial charge in [-0.25, -0.2) is 0 Å². The molecule has 5 heteroatoms. The van der Waals surface area contributed by atoms with Gasteiger partial charge in [0.2, 0.25) is 0 Å². The van der Waals surface area contributed by atoms with Gasteiger partial charge in [-0.15, -0.1) is 0 Å². The Morgan fingerprint density at radius 2 is 2.18 bits per heavy atom. The molecule has 4 rings (SSSR count). The van der Waals surface area contributed by atoms with Crippen molar-refractivity contribution in [3.63, 3.8) is 0 Å². The predicted molar refractivity (Wildman–Crippen MR) is 116 cm³/mol. The van der Waals surface area contributed by atoms with E-state index in [4.69, 9.17) is 4.74 Å². The van der Waals surface area contributed by atoms with Gasteiger partial charge >= 0.3 is 0 Å². The van der Waals surface area contributed by atoms with Crippen molar-refractivity contribution in [2.45, 2.75) is 38.0 Å². The number of benzene rings is 2. The summed E-state index contributed by atoms with van der Waals surface area (Å²) in [6.07, 6.45) is 7.53. The van der Waals surface area contributed by atoms with Crippen LogP contribution in [0.3, 0.4) is 0 Å². The number of nitrogens with one attached hydrogen (secondary N) is 1. The zero-order valence-corrected chi connectivity index (χ0v) is 17.1. The summed E-state index contributed by atoms with van der Waals surface area (Å²) >= 11 is 1.01. The van der Waals surface area contributed by atoms with Gasteiger partial charge in [0.15, 0.2) is 0 Å². The highest BCUT2D eigenvalue weighted by Gasteiger charge is 2.22. The maximum atomic E-state index is 11.8. The molecule has 3 aromatic rings. The van der Waals surface area contributed by atoms with Crippen molar-refractivity contribution >= 4 is 22.3 Å². The molecule has 28 heavy (non-hydrogen) atoms. The second kappa shape index (κ2) is 8.84. The zero-order valence-electron chi connectivity index (χ0n) is 16.2. The first-order chi connectivity index (χ1) is 13.8. The van der Waals surface area contributed by atoms with Crippen LogP contribution in [-0.2, 0) is 12.8 Å². The summed E-state index contributed by atoms with van der Waals surface area (Å²) in [5.41, 5.74) is 4.12. The highest BCUT2D eigenvalue weighted by atomic mass is 32.1. The van der Waals surface area contributed by atoms with Crippen LogP contribution in [0.1, 0.15) is 41.9 Å². The molecule has 0 spiro atoms. The third kappa shape index (κ3) is 4.10. The summed E-state index contributed by atoms with van der Waals surface area (Å²) in [4.78, 5) is 11.8. The molecule has 1 N–H and O–H groups in total. The van der Waals surface area contributed by atoms with E-state index in [9.17, 15) is 4.79 Å². The molecule has 4 nitrogen and oxygen atoms in total. The minimum absolute atomic E-state index is 0.0339. The van der Waals surface area contributed by atoms with Gasteiger partial charge in [0.25, 0.3) is 4.74 Å². The Morgan fingerprint density at radius 3 is 3.07 bits per heavy atom. The van der Waals surface area contributed by atoms with Crippen molar-refractivity contribution < 1.29 is 4.74 Å². The third-order valence-electron chi connectivity index (χ3n) is 5.73. The average Bonchev–Trinajstić information content (AvgIpc) is 2.73. The Labute approximate surface area is 169 Å². The molecule has 0 aliphatic heterocycles. The lowest BCUT2D eigenvalue weighted by Gasteiger charge is -2.27. The number of aromatic nitrogens is 1. The highest BCUT2D eigenvalue weighted by molar-refractivity contribution is 7.03. The van der Waals surface area contributed by atoms with E-state index >= 15 is 0 Å². The van der Waals surface area contributed by atoms with E-state index in [1.165, 1.54) is 29.5 Å². The van der Waals surface area contributed by atoms with E-state index in [1.54, 1.807) is 13.3 Å². The van der Waals surface area contributed by atoms with Crippen molar-refractivity contribution in [3.05, 3.63) is 68.8 Å². The summed E-state index contributed by atoms with van der Waals surface area (Å²) in [5.74, 6) is 1.66. The topological polar surface area (TPSA) is 51.2 Å². The van der Waals surface area contributed by atoms with Gasteiger partial charge < -0.3 is 10.1 Å². The molecule has 0 amide bonds. The SMILES string of the molecule is COc1cccc2c1CCCC2CCNCCc1ccc2c(=O)sncc2c1. The maximum Gasteiger partial charge on any atom is 0.257 e. The molecule has 2 aromatic carbocycles. The first kappa shape index (κ1) is 19.1. The normalized spacial score (nSPS) is 16.1. The van der Waals surface area contributed by atoms with Crippen molar-refractivity contribution in [3.8, 4) is 5.75 Å². The smallest absolute Gasteiger partial charge is 0.257 e. The van der Waals surface area contributed by atoms with Crippen molar-refractivity contribution in [2.24, 2.45) is 0 Å². The van der Waals surface area contributed by atoms with Crippen LogP contribution in [-0.4, -0.2) is 24.6 Å². The lowest BCUT2D eigenvalue weighted by Crippen LogP contribution is -2.22. The van der Waals surface area contributed by atoms with E-state index in [-0.39, 0.29) is 4.74 Å². The molecule has 0 saturated heterocycles. The van der Waals surface area contributed by atoms with Gasteiger partial charge in [-0.05, 0) is 86.0 Å². The van der Waals surface area contributed by atoms with E-state index in [0.29, 0.717) is 5.92 Å². The lowest BCUT2D eigenvalue weighted by atomic mass is 9.80. The number of fused-ring (bicyclic) bond motifs is 2. The predicted octanol–water partition coefficient (Wildman–Crippen LogP) is 4.31. The first-order valence-electron chi connectivity index (χ1n) is 10.0. The van der Waals surface area contributed by atoms with Crippen LogP contribution < -0.4 is 14.8 Å². The number of hydrogen-bond acceptors (Lipinski definition) is 5. The highest BCUT2D eigenvalue weighted by Crippen LogP contribution is 2.38. The van der Waals surface area contributed by atoms with Gasteiger partial charge in [-0.2, -0.15) is 4.37 Å². The standard InChI is InChI=1S/C23H26N2O2S/c1-27-22-7-3-5-19-17(4-2-6-21(19)22)11-13-24-12-10-16-8-9-20-18(14-16)15-25-28-23(20)26/h3,5,7-9,14-15,17,24H,2,4,6,10-13H2,1H3. The fourth-order valence-electron chi connectivity index (χ4n) is 4.28. The molecule has 0 saturated carbocycles. The molecule has 146 valence electrons. The van der Waals surface area contributed by atoms with Gasteiger partial charge in [0, 0.05) is 28.5 Å². The quantitative estimate of drug-likeness (QED) is 0.607. The molecule has 1 aliphatic rings. The van der Waals surface area contributed by atoms with Crippen LogP contribution in [0.25, 0.3) is 10.8 Å². The van der Waals surface area contributed by atoms with Crippen LogP contribution >= 0.6 is 11.5 Å². The second-order valence-corrected chi connectivity index (χ2v) is 8.20. The Bertz CT molecular complexity index is 1010. The fraction of sp³-hybridized carbons (Fsp3) is 0.391. The van der Waals surface area contributed by atoms with Crippen LogP contribution in [0.15, 0.2) is 47.4 Å². The summed E-state index contributed by atoms with van der Waals surface area (Å²) < 4.78 is 9.64. The van der Waals surface area contributed by atoms with Crippen molar-refractivity contribution in [1.82, 2.24) is 9.69 Å². The van der Waals surface area contributed by atoms with Crippen molar-refractivity contribution in [1.29, 1.82) is 0 Å². The summed E-state index contributed by atoms with van der Waals surface area (Å²) in [6, 6.07) is 12.5. The minimum atomic E-state index is 0.0339. The molecular weight excluding hydrogens is 368 g/mol. The second-order valence-electron chi connectivity index (χ2n) is 7.44. The Morgan fingerprint density at radius 1 is 1.25 bits per heavy atom. The first-order valence-corrected chi connectivity index (χ1v) is 10.8. The molecule has 1 heterocycles. The Hall–Kier alpha value is -2.24. The molecular formula is C23H26N2O2S. The monoisotopic (exact) mass is 394 g/mol. The third-order valence-corrected chi connectivity index (χ3v) is 6.33. The summed E-state index contributed by atoms with van der Waals surface area (Å²) in [7, 11) is 1.77. The number of hydrogen-bond donors (Lipinski definition) is 1. The van der Waals surface area contributed by atoms with Crippen LogP contribution in [0.4, 0.5) is 0 Å². The van der Waals surface area contributed by atoms with Crippen LogP contribution in [0.2, 0.25) is 0 Å². The molecule has 0 fully saturated rings. The van der Waals surface area contributed by atoms with Crippen LogP contribution in [0, 0.1) is 0 Å². The lowest BCUT2D eigenvalue weighted by molar-refractivity contribution is 0.401. The summed E-state index contributed by atoms with van der Waals surface area (Å²) in [6.45, 7) is 1.96.